The summed E-state index contributed by atoms with van der Waals surface area (Å²) in [4.78, 5) is 13.8. The van der Waals surface area contributed by atoms with Crippen molar-refractivity contribution in [2.75, 3.05) is 31.2 Å². The zero-order chi connectivity index (χ0) is 29.1. The number of amides is 1. The van der Waals surface area contributed by atoms with E-state index < -0.39 is 11.0 Å². The molecule has 2 aromatic rings. The molecule has 3 rings (SSSR count). The number of rotatable bonds is 14. The Hall–Kier alpha value is -2.35. The Morgan fingerprint density at radius 2 is 2.00 bits per heavy atom. The number of carbonyl (C=O) groups is 1. The van der Waals surface area contributed by atoms with Crippen molar-refractivity contribution in [2.24, 2.45) is 5.92 Å². The molecule has 0 saturated heterocycles. The number of benzene rings is 2. The van der Waals surface area contributed by atoms with Gasteiger partial charge in [-0.3, -0.25) is 9.52 Å². The van der Waals surface area contributed by atoms with Crippen molar-refractivity contribution < 1.29 is 18.5 Å². The number of halogens is 1. The number of anilines is 1. The first-order chi connectivity index (χ1) is 19.1. The summed E-state index contributed by atoms with van der Waals surface area (Å²) in [6, 6.07) is 11.7. The molecule has 40 heavy (non-hydrogen) atoms. The van der Waals surface area contributed by atoms with Gasteiger partial charge in [-0.05, 0) is 87.4 Å². The third-order valence-electron chi connectivity index (χ3n) is 7.22. The monoisotopic (exact) mass is 588 g/mol. The second kappa shape index (κ2) is 15.6. The summed E-state index contributed by atoms with van der Waals surface area (Å²) in [6.07, 6.45) is 9.91. The molecule has 0 bridgehead atoms. The number of nitrogens with one attached hydrogen (secondary N) is 1. The topological polar surface area (TPSA) is 67.9 Å². The molecule has 0 aliphatic carbocycles. The molecule has 1 amide bonds. The number of ether oxygens (including phenoxy) is 2. The molecule has 1 aliphatic rings. The van der Waals surface area contributed by atoms with Crippen molar-refractivity contribution in [1.82, 2.24) is 4.72 Å². The maximum absolute atomic E-state index is 12.6. The maximum Gasteiger partial charge on any atom is 0.219 e. The predicted molar refractivity (Wildman–Crippen MR) is 166 cm³/mol. The number of aryl methyl sites for hydroxylation is 1. The van der Waals surface area contributed by atoms with E-state index in [0.29, 0.717) is 30.4 Å². The molecule has 0 aromatic heterocycles. The fourth-order valence-corrected chi connectivity index (χ4v) is 5.87. The quantitative estimate of drug-likeness (QED) is 0.186. The van der Waals surface area contributed by atoms with Gasteiger partial charge in [0, 0.05) is 24.0 Å². The molecule has 2 aromatic carbocycles. The van der Waals surface area contributed by atoms with Crippen LogP contribution < -0.4 is 14.4 Å². The maximum atomic E-state index is 12.6. The summed E-state index contributed by atoms with van der Waals surface area (Å²) in [5, 5.41) is 0.753. The highest BCUT2D eigenvalue weighted by atomic mass is 35.5. The van der Waals surface area contributed by atoms with E-state index in [2.05, 4.69) is 68.5 Å². The molecule has 0 radical (unpaired) electrons. The zero-order valence-electron chi connectivity index (χ0n) is 24.6. The minimum absolute atomic E-state index is 0.141. The van der Waals surface area contributed by atoms with Gasteiger partial charge in [0.1, 0.15) is 5.75 Å². The second-order valence-corrected chi connectivity index (χ2v) is 13.1. The molecule has 0 fully saturated rings. The average molecular weight is 589 g/mol. The third-order valence-corrected chi connectivity index (χ3v) is 8.45. The Bertz CT molecular complexity index is 1160. The molecule has 220 valence electrons. The summed E-state index contributed by atoms with van der Waals surface area (Å²) in [5.41, 5.74) is 3.30. The van der Waals surface area contributed by atoms with E-state index in [1.807, 2.05) is 18.2 Å². The molecule has 3 atom stereocenters. The first-order valence-electron chi connectivity index (χ1n) is 14.4. The smallest absolute Gasteiger partial charge is 0.219 e. The van der Waals surface area contributed by atoms with E-state index >= 15 is 0 Å². The molecule has 3 unspecified atom stereocenters. The van der Waals surface area contributed by atoms with Crippen LogP contribution in [0.15, 0.2) is 53.4 Å². The van der Waals surface area contributed by atoms with Crippen LogP contribution in [0.4, 0.5) is 5.69 Å². The van der Waals surface area contributed by atoms with E-state index in [9.17, 15) is 9.00 Å². The lowest BCUT2D eigenvalue weighted by atomic mass is 9.91. The molecule has 8 heteroatoms. The van der Waals surface area contributed by atoms with Gasteiger partial charge in [-0.1, -0.05) is 56.5 Å². The van der Waals surface area contributed by atoms with Crippen LogP contribution in [0, 0.1) is 5.92 Å². The second-order valence-electron chi connectivity index (χ2n) is 11.4. The Morgan fingerprint density at radius 3 is 2.70 bits per heavy atom. The number of hydrogen-bond donors (Lipinski definition) is 1. The first kappa shape index (κ1) is 32.2. The molecular formula is C32H45ClN2O4S. The zero-order valence-corrected chi connectivity index (χ0v) is 26.2. The summed E-state index contributed by atoms with van der Waals surface area (Å²) in [6.45, 7) is 13.4. The van der Waals surface area contributed by atoms with Crippen molar-refractivity contribution in [3.8, 4) is 5.75 Å². The number of hydrogen-bond acceptors (Lipinski definition) is 5. The van der Waals surface area contributed by atoms with Crippen LogP contribution in [0.5, 0.6) is 5.75 Å². The van der Waals surface area contributed by atoms with Crippen LogP contribution >= 0.6 is 11.6 Å². The highest BCUT2D eigenvalue weighted by molar-refractivity contribution is 7.83. The fraction of sp³-hybridized carbons (Fsp3) is 0.531. The van der Waals surface area contributed by atoms with Gasteiger partial charge in [-0.15, -0.1) is 0 Å². The van der Waals surface area contributed by atoms with Crippen molar-refractivity contribution >= 4 is 34.7 Å². The van der Waals surface area contributed by atoms with E-state index in [-0.39, 0.29) is 11.5 Å². The number of nitrogens with zero attached hydrogens (tertiary/aromatic N) is 1. The van der Waals surface area contributed by atoms with Gasteiger partial charge in [-0.25, -0.2) is 4.21 Å². The third kappa shape index (κ3) is 9.64. The SMILES string of the molecule is CCCc1cc(Cl)ccc1C1COc2ccc(S(=O)NC=O)cc2N(CCC(CC)C/C=C/COC(C)(C)C)C1. The molecule has 6 nitrogen and oxygen atoms in total. The van der Waals surface area contributed by atoms with E-state index in [0.717, 1.165) is 61.7 Å². The van der Waals surface area contributed by atoms with Gasteiger partial charge in [0.2, 0.25) is 6.41 Å². The van der Waals surface area contributed by atoms with Crippen LogP contribution in [0.2, 0.25) is 5.02 Å². The fourth-order valence-electron chi connectivity index (χ4n) is 5.04. The standard InChI is InChI=1S/C32H45ClN2O4S/c1-6-10-25-19-27(33)12-14-29(25)26-21-35(17-16-24(7-2)11-8-9-18-39-32(3,4)5)30-20-28(40(37)34-23-36)13-15-31(30)38-22-26/h8-9,12-15,19-20,23-24,26H,6-7,10-11,16-18,21-22H2,1-5H3,(H,34,36)/b9-8+. The van der Waals surface area contributed by atoms with Crippen molar-refractivity contribution in [3.63, 3.8) is 0 Å². The lowest BCUT2D eigenvalue weighted by Gasteiger charge is -2.29. The van der Waals surface area contributed by atoms with Gasteiger partial charge in [0.15, 0.2) is 11.0 Å². The lowest BCUT2D eigenvalue weighted by Crippen LogP contribution is -2.31. The van der Waals surface area contributed by atoms with E-state index in [1.165, 1.54) is 11.1 Å². The van der Waals surface area contributed by atoms with Gasteiger partial charge in [-0.2, -0.15) is 0 Å². The minimum Gasteiger partial charge on any atom is -0.491 e. The van der Waals surface area contributed by atoms with Gasteiger partial charge in [0.25, 0.3) is 0 Å². The van der Waals surface area contributed by atoms with E-state index in [1.54, 1.807) is 6.07 Å². The minimum atomic E-state index is -1.62. The Kier molecular flexibility index (Phi) is 12.5. The van der Waals surface area contributed by atoms with Crippen LogP contribution in [-0.4, -0.2) is 42.5 Å². The van der Waals surface area contributed by atoms with Crippen molar-refractivity contribution in [1.29, 1.82) is 0 Å². The molecule has 0 spiro atoms. The summed E-state index contributed by atoms with van der Waals surface area (Å²) < 4.78 is 27.1. The Morgan fingerprint density at radius 1 is 1.20 bits per heavy atom. The summed E-state index contributed by atoms with van der Waals surface area (Å²) >= 11 is 6.37. The molecular weight excluding hydrogens is 544 g/mol. The Balaban J connectivity index is 1.84. The summed E-state index contributed by atoms with van der Waals surface area (Å²) in [7, 11) is -1.62. The Labute approximate surface area is 248 Å². The number of allylic oxidation sites excluding steroid dienone is 1. The van der Waals surface area contributed by atoms with Crippen molar-refractivity contribution in [3.05, 3.63) is 64.7 Å². The predicted octanol–water partition coefficient (Wildman–Crippen LogP) is 7.22. The van der Waals surface area contributed by atoms with Crippen molar-refractivity contribution in [2.45, 2.75) is 83.1 Å². The van der Waals surface area contributed by atoms with E-state index in [4.69, 9.17) is 21.1 Å². The molecule has 1 N–H and O–H groups in total. The summed E-state index contributed by atoms with van der Waals surface area (Å²) in [5.74, 6) is 1.45. The van der Waals surface area contributed by atoms with Crippen LogP contribution in [0.25, 0.3) is 0 Å². The number of fused-ring (bicyclic) bond motifs is 1. The normalized spacial score (nSPS) is 17.1. The average Bonchev–Trinajstić information content (AvgIpc) is 3.09. The molecule has 1 heterocycles. The van der Waals surface area contributed by atoms with Crippen LogP contribution in [-0.2, 0) is 26.9 Å². The largest absolute Gasteiger partial charge is 0.491 e. The highest BCUT2D eigenvalue weighted by Gasteiger charge is 2.27. The molecule has 0 saturated carbocycles. The lowest BCUT2D eigenvalue weighted by molar-refractivity contribution is -0.108. The van der Waals surface area contributed by atoms with Crippen LogP contribution in [0.3, 0.4) is 0 Å². The number of carbonyl (C=O) groups excluding carboxylic acids is 1. The molecule has 1 aliphatic heterocycles. The first-order valence-corrected chi connectivity index (χ1v) is 15.9. The van der Waals surface area contributed by atoms with Gasteiger partial charge in [0.05, 0.1) is 29.4 Å². The van der Waals surface area contributed by atoms with Gasteiger partial charge < -0.3 is 14.4 Å². The van der Waals surface area contributed by atoms with Gasteiger partial charge >= 0.3 is 0 Å². The van der Waals surface area contributed by atoms with Crippen LogP contribution in [0.1, 0.15) is 77.3 Å². The highest BCUT2D eigenvalue weighted by Crippen LogP contribution is 2.38.